The van der Waals surface area contributed by atoms with E-state index in [1.165, 1.54) is 11.8 Å². The quantitative estimate of drug-likeness (QED) is 0.202. The highest BCUT2D eigenvalue weighted by molar-refractivity contribution is 6.26. The van der Waals surface area contributed by atoms with Crippen LogP contribution < -0.4 is 20.3 Å². The second-order valence-electron chi connectivity index (χ2n) is 11.1. The molecule has 4 aromatic rings. The molecule has 9 heteroatoms. The molecule has 2 saturated heterocycles. The second-order valence-corrected chi connectivity index (χ2v) is 11.1. The molecule has 3 aromatic carbocycles. The maximum atomic E-state index is 14.3. The van der Waals surface area contributed by atoms with Crippen molar-refractivity contribution in [3.8, 4) is 5.75 Å². The summed E-state index contributed by atoms with van der Waals surface area (Å²) in [5.74, 6) is -3.00. The first-order valence-electron chi connectivity index (χ1n) is 13.6. The van der Waals surface area contributed by atoms with Crippen LogP contribution in [0.4, 0.5) is 11.4 Å². The number of carbonyl (C=O) groups is 4. The average molecular weight is 549 g/mol. The topological polar surface area (TPSA) is 121 Å². The lowest BCUT2D eigenvalue weighted by molar-refractivity contribution is -0.132. The van der Waals surface area contributed by atoms with Gasteiger partial charge in [-0.25, -0.2) is 4.90 Å². The van der Waals surface area contributed by atoms with E-state index in [2.05, 4.69) is 15.6 Å². The van der Waals surface area contributed by atoms with E-state index in [9.17, 15) is 19.2 Å². The summed E-state index contributed by atoms with van der Waals surface area (Å²) in [4.78, 5) is 58.3. The van der Waals surface area contributed by atoms with Gasteiger partial charge in [-0.3, -0.25) is 24.5 Å². The normalized spacial score (nSPS) is 24.7. The molecule has 4 atom stereocenters. The standard InChI is InChI=1S/C32H28N4O5/c1-16-8-13-23-28(17(16)2)34-31(40)32(23)27-26(25(35-32)14-19-15-33-24-7-5-4-6-22(19)24)29(38)36(30(27)39)20-9-11-21(12-10-20)41-18(3)37/h4-13,15,25-27,33,35H,14H2,1-3H3,(H,34,40)/t25-,26-,27+,32+/m1/s1. The Kier molecular flexibility index (Phi) is 5.46. The fraction of sp³-hybridized carbons (Fsp3) is 0.250. The van der Waals surface area contributed by atoms with Crippen molar-refractivity contribution >= 4 is 46.0 Å². The molecule has 0 radical (unpaired) electrons. The molecular weight excluding hydrogens is 520 g/mol. The van der Waals surface area contributed by atoms with Gasteiger partial charge in [0.2, 0.25) is 17.7 Å². The van der Waals surface area contributed by atoms with Crippen LogP contribution in [0.5, 0.6) is 5.75 Å². The van der Waals surface area contributed by atoms with E-state index >= 15 is 0 Å². The van der Waals surface area contributed by atoms with Crippen LogP contribution in [-0.2, 0) is 31.1 Å². The highest BCUT2D eigenvalue weighted by Gasteiger charge is 2.70. The van der Waals surface area contributed by atoms with E-state index in [0.29, 0.717) is 29.1 Å². The fourth-order valence-electron chi connectivity index (χ4n) is 6.92. The number of carbonyl (C=O) groups excluding carboxylic acids is 4. The molecule has 3 N–H and O–H groups in total. The molecule has 9 nitrogen and oxygen atoms in total. The van der Waals surface area contributed by atoms with E-state index in [0.717, 1.165) is 27.6 Å². The molecule has 3 aliphatic heterocycles. The first-order chi connectivity index (χ1) is 19.7. The van der Waals surface area contributed by atoms with Crippen molar-refractivity contribution in [3.63, 3.8) is 0 Å². The van der Waals surface area contributed by atoms with Gasteiger partial charge in [0.1, 0.15) is 11.3 Å². The number of para-hydroxylation sites is 1. The molecule has 1 aromatic heterocycles. The van der Waals surface area contributed by atoms with Gasteiger partial charge in [0.25, 0.3) is 0 Å². The maximum absolute atomic E-state index is 14.3. The van der Waals surface area contributed by atoms with E-state index in [1.54, 1.807) is 24.3 Å². The monoisotopic (exact) mass is 548 g/mol. The third kappa shape index (κ3) is 3.52. The smallest absolute Gasteiger partial charge is 0.308 e. The minimum Gasteiger partial charge on any atom is -0.427 e. The summed E-state index contributed by atoms with van der Waals surface area (Å²) in [6.45, 7) is 5.22. The zero-order valence-corrected chi connectivity index (χ0v) is 22.8. The van der Waals surface area contributed by atoms with Crippen molar-refractivity contribution in [2.45, 2.75) is 38.8 Å². The number of benzene rings is 3. The summed E-state index contributed by atoms with van der Waals surface area (Å²) in [7, 11) is 0. The van der Waals surface area contributed by atoms with Crippen molar-refractivity contribution in [3.05, 3.63) is 89.1 Å². The van der Waals surface area contributed by atoms with E-state index in [-0.39, 0.29) is 11.8 Å². The first-order valence-corrected chi connectivity index (χ1v) is 13.6. The lowest BCUT2D eigenvalue weighted by Crippen LogP contribution is -2.53. The largest absolute Gasteiger partial charge is 0.427 e. The SMILES string of the molecule is CC(=O)Oc1ccc(N2C(=O)[C@H]3[C@@H](C2=O)[C@]2(N[C@@H]3Cc3c[nH]c4ccccc34)C(=O)Nc3c2ccc(C)c3C)cc1. The van der Waals surface area contributed by atoms with Crippen LogP contribution in [0.3, 0.4) is 0 Å². The number of hydrogen-bond donors (Lipinski definition) is 3. The predicted octanol–water partition coefficient (Wildman–Crippen LogP) is 3.88. The lowest BCUT2D eigenvalue weighted by Gasteiger charge is -2.29. The van der Waals surface area contributed by atoms with Crippen LogP contribution in [0.15, 0.2) is 66.9 Å². The van der Waals surface area contributed by atoms with Gasteiger partial charge in [-0.15, -0.1) is 0 Å². The lowest BCUT2D eigenvalue weighted by atomic mass is 9.75. The Balaban J connectivity index is 1.35. The highest BCUT2D eigenvalue weighted by Crippen LogP contribution is 2.54. The van der Waals surface area contributed by atoms with Crippen LogP contribution in [0.25, 0.3) is 10.9 Å². The van der Waals surface area contributed by atoms with Gasteiger partial charge in [0.15, 0.2) is 0 Å². The van der Waals surface area contributed by atoms with Crippen molar-refractivity contribution < 1.29 is 23.9 Å². The minimum absolute atomic E-state index is 0.311. The van der Waals surface area contributed by atoms with Crippen LogP contribution >= 0.6 is 0 Å². The number of aromatic nitrogens is 1. The summed E-state index contributed by atoms with van der Waals surface area (Å²) in [5, 5.41) is 7.61. The maximum Gasteiger partial charge on any atom is 0.308 e. The van der Waals surface area contributed by atoms with E-state index in [4.69, 9.17) is 4.74 Å². The van der Waals surface area contributed by atoms with Crippen LogP contribution in [0, 0.1) is 25.7 Å². The van der Waals surface area contributed by atoms with Crippen LogP contribution in [-0.4, -0.2) is 34.7 Å². The number of hydrogen-bond acceptors (Lipinski definition) is 6. The number of fused-ring (bicyclic) bond motifs is 5. The van der Waals surface area contributed by atoms with Gasteiger partial charge in [-0.2, -0.15) is 0 Å². The Bertz CT molecular complexity index is 1790. The molecule has 206 valence electrons. The number of imide groups is 1. The van der Waals surface area contributed by atoms with Gasteiger partial charge in [0.05, 0.1) is 17.5 Å². The summed E-state index contributed by atoms with van der Waals surface area (Å²) in [6.07, 6.45) is 2.37. The Morgan fingerprint density at radius 2 is 1.73 bits per heavy atom. The second kappa shape index (κ2) is 8.87. The van der Waals surface area contributed by atoms with Crippen molar-refractivity contribution in [2.24, 2.45) is 11.8 Å². The number of nitrogens with zero attached hydrogens (tertiary/aromatic N) is 1. The molecule has 0 bridgehead atoms. The highest BCUT2D eigenvalue weighted by atomic mass is 16.5. The Morgan fingerprint density at radius 1 is 0.976 bits per heavy atom. The molecule has 0 aliphatic carbocycles. The summed E-state index contributed by atoms with van der Waals surface area (Å²) < 4.78 is 5.13. The van der Waals surface area contributed by atoms with E-state index < -0.39 is 35.3 Å². The van der Waals surface area contributed by atoms with E-state index in [1.807, 2.05) is 56.4 Å². The van der Waals surface area contributed by atoms with Crippen molar-refractivity contribution in [2.75, 3.05) is 10.2 Å². The van der Waals surface area contributed by atoms with Crippen molar-refractivity contribution in [1.82, 2.24) is 10.3 Å². The predicted molar refractivity (Wildman–Crippen MR) is 152 cm³/mol. The Labute approximate surface area is 235 Å². The summed E-state index contributed by atoms with van der Waals surface area (Å²) in [6, 6.07) is 17.5. The molecule has 3 amide bonds. The Morgan fingerprint density at radius 3 is 2.49 bits per heavy atom. The molecule has 3 aliphatic rings. The summed E-state index contributed by atoms with van der Waals surface area (Å²) in [5.41, 5.74) is 4.28. The number of amides is 3. The Hall–Kier alpha value is -4.76. The molecular formula is C32H28N4O5. The number of aryl methyl sites for hydroxylation is 1. The number of ether oxygens (including phenoxy) is 1. The van der Waals surface area contributed by atoms with Gasteiger partial charge < -0.3 is 15.0 Å². The van der Waals surface area contributed by atoms with Gasteiger partial charge in [-0.05, 0) is 67.3 Å². The van der Waals surface area contributed by atoms with Crippen LogP contribution in [0.2, 0.25) is 0 Å². The molecule has 7 rings (SSSR count). The zero-order chi connectivity index (χ0) is 28.6. The molecule has 0 saturated carbocycles. The van der Waals surface area contributed by atoms with Crippen molar-refractivity contribution in [1.29, 1.82) is 0 Å². The third-order valence-electron chi connectivity index (χ3n) is 8.89. The molecule has 4 heterocycles. The van der Waals surface area contributed by atoms with Gasteiger partial charge in [0, 0.05) is 41.3 Å². The number of H-pyrrole nitrogens is 1. The number of esters is 1. The van der Waals surface area contributed by atoms with Gasteiger partial charge >= 0.3 is 5.97 Å². The number of nitrogens with one attached hydrogen (secondary N) is 3. The third-order valence-corrected chi connectivity index (χ3v) is 8.89. The molecule has 41 heavy (non-hydrogen) atoms. The number of anilines is 2. The molecule has 0 unspecified atom stereocenters. The number of rotatable bonds is 4. The molecule has 1 spiro atoms. The van der Waals surface area contributed by atoms with Crippen LogP contribution in [0.1, 0.15) is 29.2 Å². The number of aromatic amines is 1. The fourth-order valence-corrected chi connectivity index (χ4v) is 6.92. The minimum atomic E-state index is -1.39. The zero-order valence-electron chi connectivity index (χ0n) is 22.8. The molecule has 2 fully saturated rings. The average Bonchev–Trinajstić information content (AvgIpc) is 3.66. The van der Waals surface area contributed by atoms with Gasteiger partial charge in [-0.1, -0.05) is 30.3 Å². The first kappa shape index (κ1) is 25.2. The summed E-state index contributed by atoms with van der Waals surface area (Å²) >= 11 is 0.